The lowest BCUT2D eigenvalue weighted by Gasteiger charge is -2.37. The number of anilines is 1. The molecule has 5 nitrogen and oxygen atoms in total. The number of piperidine rings is 2. The molecule has 1 aromatic carbocycles. The van der Waals surface area contributed by atoms with Crippen LogP contribution < -0.4 is 5.73 Å². The van der Waals surface area contributed by atoms with Crippen molar-refractivity contribution in [3.63, 3.8) is 0 Å². The van der Waals surface area contributed by atoms with Crippen LogP contribution in [0.4, 0.5) is 5.69 Å². The van der Waals surface area contributed by atoms with Gasteiger partial charge in [0.2, 0.25) is 5.91 Å². The van der Waals surface area contributed by atoms with Crippen molar-refractivity contribution >= 4 is 17.5 Å². The van der Waals surface area contributed by atoms with Crippen LogP contribution in [0.2, 0.25) is 0 Å². The second-order valence-electron chi connectivity index (χ2n) is 7.19. The highest BCUT2D eigenvalue weighted by atomic mass is 16.2. The van der Waals surface area contributed by atoms with Gasteiger partial charge < -0.3 is 15.5 Å². The molecule has 0 saturated carbocycles. The molecule has 24 heavy (non-hydrogen) atoms. The summed E-state index contributed by atoms with van der Waals surface area (Å²) in [6, 6.07) is 7.15. The van der Waals surface area contributed by atoms with Crippen LogP contribution in [0.3, 0.4) is 0 Å². The van der Waals surface area contributed by atoms with Crippen LogP contribution in [0.25, 0.3) is 0 Å². The van der Waals surface area contributed by atoms with Gasteiger partial charge in [0.15, 0.2) is 0 Å². The van der Waals surface area contributed by atoms with Crippen molar-refractivity contribution < 1.29 is 9.59 Å². The van der Waals surface area contributed by atoms with Crippen molar-refractivity contribution in [3.8, 4) is 0 Å². The van der Waals surface area contributed by atoms with Crippen LogP contribution in [0, 0.1) is 11.8 Å². The minimum Gasteiger partial charge on any atom is -0.398 e. The van der Waals surface area contributed by atoms with Gasteiger partial charge in [-0.2, -0.15) is 0 Å². The molecule has 1 atom stereocenters. The number of benzene rings is 1. The minimum absolute atomic E-state index is 0.0575. The lowest BCUT2D eigenvalue weighted by Crippen LogP contribution is -2.48. The molecule has 2 aliphatic rings. The maximum Gasteiger partial charge on any atom is 0.255 e. The summed E-state index contributed by atoms with van der Waals surface area (Å²) < 4.78 is 0. The lowest BCUT2D eigenvalue weighted by atomic mass is 9.93. The fourth-order valence-electron chi connectivity index (χ4n) is 3.71. The molecule has 0 aliphatic carbocycles. The molecule has 0 unspecified atom stereocenters. The molecule has 0 spiro atoms. The Kier molecular flexibility index (Phi) is 5.07. The van der Waals surface area contributed by atoms with Gasteiger partial charge in [0, 0.05) is 31.9 Å². The van der Waals surface area contributed by atoms with E-state index in [2.05, 4.69) is 6.92 Å². The quantitative estimate of drug-likeness (QED) is 0.847. The van der Waals surface area contributed by atoms with Gasteiger partial charge in [0.25, 0.3) is 5.91 Å². The maximum atomic E-state index is 12.8. The molecule has 1 aromatic rings. The number of hydrogen-bond donors (Lipinski definition) is 1. The zero-order valence-electron chi connectivity index (χ0n) is 14.4. The number of carbonyl (C=O) groups excluding carboxylic acids is 2. The molecule has 0 aromatic heterocycles. The fraction of sp³-hybridized carbons (Fsp3) is 0.579. The van der Waals surface area contributed by atoms with Crippen molar-refractivity contribution in [2.75, 3.05) is 31.9 Å². The Balaban J connectivity index is 1.65. The normalized spacial score (nSPS) is 22.5. The summed E-state index contributed by atoms with van der Waals surface area (Å²) in [6.45, 7) is 5.17. The summed E-state index contributed by atoms with van der Waals surface area (Å²) in [7, 11) is 0. The maximum absolute atomic E-state index is 12.8. The van der Waals surface area contributed by atoms with E-state index in [1.807, 2.05) is 17.0 Å². The molecule has 3 rings (SSSR count). The average Bonchev–Trinajstić information content (AvgIpc) is 2.62. The Morgan fingerprint density at radius 1 is 1.04 bits per heavy atom. The first-order valence-corrected chi connectivity index (χ1v) is 8.99. The Labute approximate surface area is 143 Å². The molecule has 2 amide bonds. The minimum atomic E-state index is -0.0685. The third kappa shape index (κ3) is 3.55. The molecule has 2 heterocycles. The molecule has 2 fully saturated rings. The molecular weight excluding hydrogens is 302 g/mol. The van der Waals surface area contributed by atoms with E-state index >= 15 is 0 Å². The molecule has 0 bridgehead atoms. The first-order chi connectivity index (χ1) is 11.6. The topological polar surface area (TPSA) is 66.6 Å². The van der Waals surface area contributed by atoms with E-state index in [-0.39, 0.29) is 17.7 Å². The predicted molar refractivity (Wildman–Crippen MR) is 94.5 cm³/mol. The number of nitrogen functional groups attached to an aromatic ring is 1. The number of nitrogens with zero attached hydrogens (tertiary/aromatic N) is 2. The Hall–Kier alpha value is -2.04. The summed E-state index contributed by atoms with van der Waals surface area (Å²) in [5.41, 5.74) is 6.97. The third-order valence-corrected chi connectivity index (χ3v) is 5.34. The van der Waals surface area contributed by atoms with E-state index in [1.54, 1.807) is 17.0 Å². The van der Waals surface area contributed by atoms with E-state index in [0.717, 1.165) is 38.8 Å². The smallest absolute Gasteiger partial charge is 0.255 e. The largest absolute Gasteiger partial charge is 0.398 e. The average molecular weight is 329 g/mol. The Bertz CT molecular complexity index is 608. The van der Waals surface area contributed by atoms with E-state index in [4.69, 9.17) is 5.73 Å². The Morgan fingerprint density at radius 2 is 1.75 bits per heavy atom. The van der Waals surface area contributed by atoms with Crippen LogP contribution in [0.15, 0.2) is 24.3 Å². The van der Waals surface area contributed by atoms with Crippen LogP contribution >= 0.6 is 0 Å². The number of rotatable bonds is 2. The number of hydrogen-bond acceptors (Lipinski definition) is 3. The SMILES string of the molecule is CC1CCN(C(=O)[C@H]2CCCN(C(=O)c3ccccc3N)C2)CC1. The number of likely N-dealkylation sites (tertiary alicyclic amines) is 2. The molecule has 130 valence electrons. The van der Waals surface area contributed by atoms with Gasteiger partial charge >= 0.3 is 0 Å². The van der Waals surface area contributed by atoms with Crippen molar-refractivity contribution in [2.45, 2.75) is 32.6 Å². The molecule has 2 aliphatic heterocycles. The van der Waals surface area contributed by atoms with Crippen LogP contribution in [-0.2, 0) is 4.79 Å². The fourth-order valence-corrected chi connectivity index (χ4v) is 3.71. The van der Waals surface area contributed by atoms with Gasteiger partial charge in [-0.3, -0.25) is 9.59 Å². The molecule has 2 saturated heterocycles. The zero-order chi connectivity index (χ0) is 17.1. The first-order valence-electron chi connectivity index (χ1n) is 8.99. The van der Waals surface area contributed by atoms with Crippen molar-refractivity contribution in [2.24, 2.45) is 11.8 Å². The number of amides is 2. The number of para-hydroxylation sites is 1. The molecule has 2 N–H and O–H groups in total. The second-order valence-corrected chi connectivity index (χ2v) is 7.19. The summed E-state index contributed by atoms with van der Waals surface area (Å²) >= 11 is 0. The molecular formula is C19H27N3O2. The summed E-state index contributed by atoms with van der Waals surface area (Å²) in [4.78, 5) is 29.3. The van der Waals surface area contributed by atoms with E-state index in [1.165, 1.54) is 0 Å². The zero-order valence-corrected chi connectivity index (χ0v) is 14.4. The highest BCUT2D eigenvalue weighted by Gasteiger charge is 2.33. The third-order valence-electron chi connectivity index (χ3n) is 5.34. The summed E-state index contributed by atoms with van der Waals surface area (Å²) in [5.74, 6) is 0.805. The summed E-state index contributed by atoms with van der Waals surface area (Å²) in [5, 5.41) is 0. The lowest BCUT2D eigenvalue weighted by molar-refractivity contribution is -0.138. The number of carbonyl (C=O) groups is 2. The number of nitrogens with two attached hydrogens (primary N) is 1. The highest BCUT2D eigenvalue weighted by Crippen LogP contribution is 2.24. The van der Waals surface area contributed by atoms with Crippen LogP contribution in [0.5, 0.6) is 0 Å². The Morgan fingerprint density at radius 3 is 2.46 bits per heavy atom. The van der Waals surface area contributed by atoms with Gasteiger partial charge in [-0.15, -0.1) is 0 Å². The first kappa shape index (κ1) is 16.8. The van der Waals surface area contributed by atoms with E-state index in [9.17, 15) is 9.59 Å². The monoisotopic (exact) mass is 329 g/mol. The van der Waals surface area contributed by atoms with Gasteiger partial charge in [-0.25, -0.2) is 0 Å². The van der Waals surface area contributed by atoms with Crippen molar-refractivity contribution in [1.82, 2.24) is 9.80 Å². The van der Waals surface area contributed by atoms with Gasteiger partial charge in [0.1, 0.15) is 0 Å². The molecule has 5 heteroatoms. The van der Waals surface area contributed by atoms with Crippen LogP contribution in [-0.4, -0.2) is 47.8 Å². The summed E-state index contributed by atoms with van der Waals surface area (Å²) in [6.07, 6.45) is 3.92. The van der Waals surface area contributed by atoms with Gasteiger partial charge in [0.05, 0.1) is 11.5 Å². The van der Waals surface area contributed by atoms with Crippen molar-refractivity contribution in [1.29, 1.82) is 0 Å². The standard InChI is InChI=1S/C19H27N3O2/c1-14-8-11-21(12-9-14)18(23)15-5-4-10-22(13-15)19(24)16-6-2-3-7-17(16)20/h2-3,6-7,14-15H,4-5,8-13,20H2,1H3/t15-/m0/s1. The van der Waals surface area contributed by atoms with E-state index < -0.39 is 0 Å². The second kappa shape index (κ2) is 7.24. The predicted octanol–water partition coefficient (Wildman–Crippen LogP) is 2.38. The highest BCUT2D eigenvalue weighted by molar-refractivity contribution is 5.99. The van der Waals surface area contributed by atoms with Crippen LogP contribution in [0.1, 0.15) is 43.0 Å². The van der Waals surface area contributed by atoms with Gasteiger partial charge in [-0.05, 0) is 43.7 Å². The van der Waals surface area contributed by atoms with E-state index in [0.29, 0.717) is 30.3 Å². The van der Waals surface area contributed by atoms with Gasteiger partial charge in [-0.1, -0.05) is 19.1 Å². The van der Waals surface area contributed by atoms with Crippen molar-refractivity contribution in [3.05, 3.63) is 29.8 Å². The molecule has 0 radical (unpaired) electrons.